The molecule has 6 heteroatoms. The van der Waals surface area contributed by atoms with Crippen LogP contribution < -0.4 is 5.32 Å². The van der Waals surface area contributed by atoms with Gasteiger partial charge in [0.25, 0.3) is 0 Å². The molecule has 0 aliphatic heterocycles. The van der Waals surface area contributed by atoms with Gasteiger partial charge in [0.1, 0.15) is 6.10 Å². The number of nitrogens with one attached hydrogen (secondary N) is 1. The van der Waals surface area contributed by atoms with Crippen molar-refractivity contribution in [1.82, 2.24) is 5.32 Å². The molecule has 3 unspecified atom stereocenters. The van der Waals surface area contributed by atoms with E-state index in [9.17, 15) is 19.8 Å². The van der Waals surface area contributed by atoms with Gasteiger partial charge in [-0.25, -0.2) is 0 Å². The number of aliphatic hydroxyl groups excluding tert-OH is 2. The monoisotopic (exact) mass is 784 g/mol. The van der Waals surface area contributed by atoms with Gasteiger partial charge in [0, 0.05) is 6.42 Å². The molecule has 0 radical (unpaired) electrons. The number of unbranched alkanes of at least 4 members (excludes halogenated alkanes) is 19. The van der Waals surface area contributed by atoms with Crippen molar-refractivity contribution in [2.45, 2.75) is 238 Å². The van der Waals surface area contributed by atoms with Gasteiger partial charge in [-0.3, -0.25) is 9.59 Å². The third kappa shape index (κ3) is 38.4. The first kappa shape index (κ1) is 53.6. The highest BCUT2D eigenvalue weighted by Gasteiger charge is 2.24. The first-order valence-electron chi connectivity index (χ1n) is 23.5. The predicted octanol–water partition coefficient (Wildman–Crippen LogP) is 13.7. The molecule has 3 N–H and O–H groups in total. The molecule has 0 spiro atoms. The minimum atomic E-state index is -0.802. The van der Waals surface area contributed by atoms with E-state index in [1.165, 1.54) is 89.9 Å². The summed E-state index contributed by atoms with van der Waals surface area (Å²) in [6, 6.07) is -0.719. The van der Waals surface area contributed by atoms with Crippen molar-refractivity contribution >= 4 is 11.9 Å². The van der Waals surface area contributed by atoms with Crippen LogP contribution in [0.2, 0.25) is 0 Å². The summed E-state index contributed by atoms with van der Waals surface area (Å²) in [6.45, 7) is 6.35. The maximum absolute atomic E-state index is 13.1. The molecule has 0 saturated heterocycles. The molecule has 324 valence electrons. The zero-order valence-electron chi connectivity index (χ0n) is 36.8. The van der Waals surface area contributed by atoms with Gasteiger partial charge >= 0.3 is 5.97 Å². The maximum atomic E-state index is 13.1. The van der Waals surface area contributed by atoms with Gasteiger partial charge in [-0.2, -0.15) is 0 Å². The van der Waals surface area contributed by atoms with Crippen LogP contribution in [0.4, 0.5) is 0 Å². The average Bonchev–Trinajstić information content (AvgIpc) is 3.19. The minimum Gasteiger partial charge on any atom is -0.462 e. The van der Waals surface area contributed by atoms with Crippen LogP contribution >= 0.6 is 0 Å². The van der Waals surface area contributed by atoms with Crippen molar-refractivity contribution in [3.8, 4) is 0 Å². The van der Waals surface area contributed by atoms with E-state index in [0.29, 0.717) is 19.3 Å². The first-order valence-corrected chi connectivity index (χ1v) is 23.5. The SMILES string of the molecule is CCC/C=C\CCCCCCCC(=O)OC(CCC/C=C\C/C=C\C/C=C\C/C=C\CCCCC)CC(=O)NC(CO)C(O)CCCCCCCCCCCC. The number of carbonyl (C=O) groups excluding carboxylic acids is 2. The Kier molecular flexibility index (Phi) is 41.8. The van der Waals surface area contributed by atoms with Gasteiger partial charge in [0.05, 0.1) is 25.2 Å². The summed E-state index contributed by atoms with van der Waals surface area (Å²) in [6.07, 6.45) is 52.8. The highest BCUT2D eigenvalue weighted by Crippen LogP contribution is 2.16. The van der Waals surface area contributed by atoms with E-state index < -0.39 is 18.2 Å². The Hall–Kier alpha value is -2.44. The molecule has 0 aromatic carbocycles. The van der Waals surface area contributed by atoms with E-state index in [0.717, 1.165) is 83.5 Å². The molecular weight excluding hydrogens is 695 g/mol. The van der Waals surface area contributed by atoms with Crippen LogP contribution in [0.5, 0.6) is 0 Å². The minimum absolute atomic E-state index is 0.0351. The largest absolute Gasteiger partial charge is 0.462 e. The summed E-state index contributed by atoms with van der Waals surface area (Å²) < 4.78 is 5.87. The highest BCUT2D eigenvalue weighted by atomic mass is 16.5. The molecule has 0 saturated carbocycles. The molecule has 3 atom stereocenters. The molecule has 1 amide bonds. The number of hydrogen-bond acceptors (Lipinski definition) is 5. The zero-order valence-corrected chi connectivity index (χ0v) is 36.8. The summed E-state index contributed by atoms with van der Waals surface area (Å²) in [4.78, 5) is 26.0. The fourth-order valence-corrected chi connectivity index (χ4v) is 6.71. The smallest absolute Gasteiger partial charge is 0.306 e. The number of aliphatic hydroxyl groups is 2. The molecule has 6 nitrogen and oxygen atoms in total. The van der Waals surface area contributed by atoms with Gasteiger partial charge in [-0.1, -0.05) is 184 Å². The summed E-state index contributed by atoms with van der Waals surface area (Å²) in [5.41, 5.74) is 0. The summed E-state index contributed by atoms with van der Waals surface area (Å²) >= 11 is 0. The third-order valence-electron chi connectivity index (χ3n) is 10.3. The molecular formula is C50H89NO5. The number of rotatable bonds is 41. The van der Waals surface area contributed by atoms with E-state index in [-0.39, 0.29) is 24.9 Å². The van der Waals surface area contributed by atoms with Gasteiger partial charge < -0.3 is 20.3 Å². The molecule has 0 aliphatic carbocycles. The first-order chi connectivity index (χ1) is 27.5. The molecule has 0 aliphatic rings. The van der Waals surface area contributed by atoms with E-state index in [1.54, 1.807) is 0 Å². The van der Waals surface area contributed by atoms with Gasteiger partial charge in [-0.05, 0) is 83.5 Å². The lowest BCUT2D eigenvalue weighted by atomic mass is 10.0. The molecule has 56 heavy (non-hydrogen) atoms. The number of esters is 1. The van der Waals surface area contributed by atoms with Crippen LogP contribution in [0.1, 0.15) is 220 Å². The van der Waals surface area contributed by atoms with Crippen molar-refractivity contribution in [2.24, 2.45) is 0 Å². The van der Waals surface area contributed by atoms with E-state index in [2.05, 4.69) is 86.8 Å². The van der Waals surface area contributed by atoms with Gasteiger partial charge in [-0.15, -0.1) is 0 Å². The molecule has 0 bridgehead atoms. The molecule has 0 aromatic heterocycles. The number of ether oxygens (including phenoxy) is 1. The Balaban J connectivity index is 4.72. The molecule has 0 fully saturated rings. The lowest BCUT2D eigenvalue weighted by Crippen LogP contribution is -2.46. The Morgan fingerprint density at radius 1 is 0.518 bits per heavy atom. The van der Waals surface area contributed by atoms with E-state index in [4.69, 9.17) is 4.74 Å². The Labute approximate surface area is 346 Å². The van der Waals surface area contributed by atoms with Crippen LogP contribution in [-0.4, -0.2) is 46.9 Å². The second-order valence-corrected chi connectivity index (χ2v) is 15.8. The molecule has 0 aromatic rings. The number of allylic oxidation sites excluding steroid dienone is 10. The van der Waals surface area contributed by atoms with Crippen LogP contribution in [0.25, 0.3) is 0 Å². The Bertz CT molecular complexity index is 1010. The fraction of sp³-hybridized carbons (Fsp3) is 0.760. The molecule has 0 heterocycles. The van der Waals surface area contributed by atoms with Crippen LogP contribution in [-0.2, 0) is 14.3 Å². The van der Waals surface area contributed by atoms with E-state index >= 15 is 0 Å². The normalized spacial score (nSPS) is 13.9. The van der Waals surface area contributed by atoms with Crippen molar-refractivity contribution in [3.05, 3.63) is 60.8 Å². The maximum Gasteiger partial charge on any atom is 0.306 e. The van der Waals surface area contributed by atoms with Crippen LogP contribution in [0.15, 0.2) is 60.8 Å². The van der Waals surface area contributed by atoms with Gasteiger partial charge in [0.2, 0.25) is 5.91 Å². The van der Waals surface area contributed by atoms with E-state index in [1.807, 2.05) is 0 Å². The quantitative estimate of drug-likeness (QED) is 0.0326. The second kappa shape index (κ2) is 43.7. The number of hydrogen-bond donors (Lipinski definition) is 3. The van der Waals surface area contributed by atoms with Crippen LogP contribution in [0.3, 0.4) is 0 Å². The zero-order chi connectivity index (χ0) is 41.0. The Morgan fingerprint density at radius 2 is 0.964 bits per heavy atom. The second-order valence-electron chi connectivity index (χ2n) is 15.8. The lowest BCUT2D eigenvalue weighted by Gasteiger charge is -2.24. The molecule has 0 rings (SSSR count). The standard InChI is InChI=1S/C50H89NO5/c1-4-7-10-13-16-19-22-23-24-25-26-27-28-29-32-35-38-41-46(56-50(55)43-40-37-34-31-21-18-15-12-9-6-3)44-49(54)51-47(45-52)48(53)42-39-36-33-30-20-17-14-11-8-5-2/h12,15-16,19,23-24,26-27,29,32,46-48,52-53H,4-11,13-14,17-18,20-22,25,28,30-31,33-45H2,1-3H3,(H,51,54)/b15-12-,19-16-,24-23-,27-26-,32-29-. The van der Waals surface area contributed by atoms with Crippen molar-refractivity contribution in [3.63, 3.8) is 0 Å². The van der Waals surface area contributed by atoms with Crippen molar-refractivity contribution in [1.29, 1.82) is 0 Å². The van der Waals surface area contributed by atoms with Crippen molar-refractivity contribution in [2.75, 3.05) is 6.61 Å². The lowest BCUT2D eigenvalue weighted by molar-refractivity contribution is -0.151. The van der Waals surface area contributed by atoms with Crippen LogP contribution in [0, 0.1) is 0 Å². The summed E-state index contributed by atoms with van der Waals surface area (Å²) in [5.74, 6) is -0.544. The highest BCUT2D eigenvalue weighted by molar-refractivity contribution is 5.77. The average molecular weight is 784 g/mol. The van der Waals surface area contributed by atoms with Crippen molar-refractivity contribution < 1.29 is 24.5 Å². The number of amides is 1. The fourth-order valence-electron chi connectivity index (χ4n) is 6.71. The summed E-state index contributed by atoms with van der Waals surface area (Å²) in [7, 11) is 0. The topological polar surface area (TPSA) is 95.9 Å². The predicted molar refractivity (Wildman–Crippen MR) is 241 cm³/mol. The number of carbonyl (C=O) groups is 2. The third-order valence-corrected chi connectivity index (χ3v) is 10.3. The Morgan fingerprint density at radius 3 is 1.54 bits per heavy atom. The van der Waals surface area contributed by atoms with Gasteiger partial charge in [0.15, 0.2) is 0 Å². The summed E-state index contributed by atoms with van der Waals surface area (Å²) in [5, 5.41) is 23.6.